The molecule has 6 heterocycles. The fourth-order valence-electron chi connectivity index (χ4n) is 6.73. The van der Waals surface area contributed by atoms with Crippen LogP contribution in [0, 0.1) is 0 Å². The van der Waals surface area contributed by atoms with Gasteiger partial charge in [0.2, 0.25) is 0 Å². The van der Waals surface area contributed by atoms with Gasteiger partial charge in [0.1, 0.15) is 17.1 Å². The minimum absolute atomic E-state index is 0.666. The summed E-state index contributed by atoms with van der Waals surface area (Å²) in [6.45, 7) is 8.79. The van der Waals surface area contributed by atoms with E-state index in [1.807, 2.05) is 91.4 Å². The summed E-state index contributed by atoms with van der Waals surface area (Å²) >= 11 is 0. The molecule has 9 nitrogen and oxygen atoms in total. The number of rotatable bonds is 12. The summed E-state index contributed by atoms with van der Waals surface area (Å²) in [6.07, 6.45) is 14.3. The van der Waals surface area contributed by atoms with Crippen LogP contribution in [0.25, 0.3) is 34.2 Å². The molecule has 240 valence electrons. The summed E-state index contributed by atoms with van der Waals surface area (Å²) in [7, 11) is 0. The minimum atomic E-state index is 0.666. The molecule has 48 heavy (non-hydrogen) atoms. The fourth-order valence-corrected chi connectivity index (χ4v) is 6.73. The van der Waals surface area contributed by atoms with Gasteiger partial charge >= 0.3 is 0 Å². The van der Waals surface area contributed by atoms with E-state index in [9.17, 15) is 0 Å². The second-order valence-corrected chi connectivity index (χ2v) is 11.8. The summed E-state index contributed by atoms with van der Waals surface area (Å²) in [5.74, 6) is 0. The highest BCUT2D eigenvalue weighted by Crippen LogP contribution is 2.33. The van der Waals surface area contributed by atoms with E-state index in [4.69, 9.17) is 15.3 Å². The van der Waals surface area contributed by atoms with Gasteiger partial charge in [0.25, 0.3) is 0 Å². The van der Waals surface area contributed by atoms with Crippen LogP contribution in [-0.2, 0) is 38.9 Å². The zero-order chi connectivity index (χ0) is 32.9. The zero-order valence-electron chi connectivity index (χ0n) is 27.7. The summed E-state index contributed by atoms with van der Waals surface area (Å²) in [6, 6.07) is 23.9. The molecule has 0 radical (unpaired) electrons. The average Bonchev–Trinajstić information content (AvgIpc) is 3.92. The standard InChI is InChI=1S/C39H39N9/c1-4-28-31(25-46-22-16-37(43-46)34-13-7-10-19-40-34)29(5-2)33(27-48-24-18-39(45-48)36-15-9-12-21-42-36)30(6-3)32(28)26-47-23-17-38(44-47)35-14-8-11-20-41-35/h7-24H,4-6,25-27H2,1-3H3. The van der Waals surface area contributed by atoms with Crippen LogP contribution in [-0.4, -0.2) is 44.3 Å². The van der Waals surface area contributed by atoms with Gasteiger partial charge in [0.05, 0.1) is 36.7 Å². The molecule has 0 fully saturated rings. The topological polar surface area (TPSA) is 92.1 Å². The number of aromatic nitrogens is 9. The second kappa shape index (κ2) is 14.0. The number of pyridine rings is 3. The van der Waals surface area contributed by atoms with Crippen LogP contribution in [0.1, 0.15) is 54.2 Å². The Bertz CT molecular complexity index is 1850. The third-order valence-corrected chi connectivity index (χ3v) is 8.91. The SMILES string of the molecule is CCc1c(Cn2ccc(-c3ccccn3)n2)c(CC)c(Cn2ccc(-c3ccccn3)n2)c(CC)c1Cn1ccc(-c2ccccn2)n1. The molecule has 0 saturated carbocycles. The van der Waals surface area contributed by atoms with Gasteiger partial charge in [-0.05, 0) is 107 Å². The van der Waals surface area contributed by atoms with E-state index in [-0.39, 0.29) is 0 Å². The molecule has 0 aliphatic carbocycles. The highest BCUT2D eigenvalue weighted by molar-refractivity contribution is 5.56. The van der Waals surface area contributed by atoms with Gasteiger partial charge in [-0.25, -0.2) is 0 Å². The first-order valence-electron chi connectivity index (χ1n) is 16.7. The summed E-state index contributed by atoms with van der Waals surface area (Å²) < 4.78 is 6.16. The van der Waals surface area contributed by atoms with E-state index in [0.29, 0.717) is 19.6 Å². The highest BCUT2D eigenvalue weighted by Gasteiger charge is 2.23. The van der Waals surface area contributed by atoms with Gasteiger partial charge in [-0.2, -0.15) is 15.3 Å². The third-order valence-electron chi connectivity index (χ3n) is 8.91. The molecule has 0 amide bonds. The van der Waals surface area contributed by atoms with Crippen LogP contribution in [0.3, 0.4) is 0 Å². The van der Waals surface area contributed by atoms with Crippen molar-refractivity contribution in [3.63, 3.8) is 0 Å². The van der Waals surface area contributed by atoms with Crippen LogP contribution in [0.2, 0.25) is 0 Å². The molecule has 0 aliphatic rings. The molecular weight excluding hydrogens is 594 g/mol. The Morgan fingerprint density at radius 2 is 0.688 bits per heavy atom. The molecule has 0 aliphatic heterocycles. The lowest BCUT2D eigenvalue weighted by Crippen LogP contribution is -2.19. The van der Waals surface area contributed by atoms with E-state index in [1.165, 1.54) is 33.4 Å². The van der Waals surface area contributed by atoms with Gasteiger partial charge in [-0.1, -0.05) is 39.0 Å². The Balaban J connectivity index is 1.33. The van der Waals surface area contributed by atoms with Crippen molar-refractivity contribution in [2.24, 2.45) is 0 Å². The van der Waals surface area contributed by atoms with Gasteiger partial charge in [-0.3, -0.25) is 29.0 Å². The number of hydrogen-bond acceptors (Lipinski definition) is 6. The summed E-state index contributed by atoms with van der Waals surface area (Å²) in [5.41, 5.74) is 13.3. The van der Waals surface area contributed by atoms with E-state index in [0.717, 1.165) is 53.4 Å². The molecule has 7 aromatic rings. The normalized spacial score (nSPS) is 11.3. The molecule has 9 heteroatoms. The maximum Gasteiger partial charge on any atom is 0.111 e. The molecule has 0 atom stereocenters. The van der Waals surface area contributed by atoms with Crippen LogP contribution in [0.5, 0.6) is 0 Å². The molecule has 0 unspecified atom stereocenters. The van der Waals surface area contributed by atoms with E-state index in [2.05, 4.69) is 68.4 Å². The van der Waals surface area contributed by atoms with Crippen molar-refractivity contribution < 1.29 is 0 Å². The molecular formula is C39H39N9. The largest absolute Gasteiger partial charge is 0.268 e. The molecule has 6 aromatic heterocycles. The molecule has 1 aromatic carbocycles. The maximum atomic E-state index is 4.98. The second-order valence-electron chi connectivity index (χ2n) is 11.8. The first-order valence-corrected chi connectivity index (χ1v) is 16.7. The maximum absolute atomic E-state index is 4.98. The monoisotopic (exact) mass is 633 g/mol. The summed E-state index contributed by atoms with van der Waals surface area (Å²) in [4.78, 5) is 13.6. The van der Waals surface area contributed by atoms with Crippen molar-refractivity contribution in [1.29, 1.82) is 0 Å². The predicted octanol–water partition coefficient (Wildman–Crippen LogP) is 7.29. The molecule has 0 bridgehead atoms. The van der Waals surface area contributed by atoms with Crippen molar-refractivity contribution >= 4 is 0 Å². The van der Waals surface area contributed by atoms with Crippen molar-refractivity contribution in [2.45, 2.75) is 59.7 Å². The number of benzene rings is 1. The summed E-state index contributed by atoms with van der Waals surface area (Å²) in [5, 5.41) is 14.9. The Morgan fingerprint density at radius 1 is 0.375 bits per heavy atom. The first-order chi connectivity index (χ1) is 23.6. The Labute approximate surface area is 281 Å². The van der Waals surface area contributed by atoms with Crippen LogP contribution in [0.4, 0.5) is 0 Å². The lowest BCUT2D eigenvalue weighted by Gasteiger charge is -2.26. The van der Waals surface area contributed by atoms with Crippen molar-refractivity contribution in [1.82, 2.24) is 44.3 Å². The Morgan fingerprint density at radius 3 is 0.938 bits per heavy atom. The average molecular weight is 634 g/mol. The van der Waals surface area contributed by atoms with Gasteiger partial charge in [-0.15, -0.1) is 0 Å². The van der Waals surface area contributed by atoms with Crippen molar-refractivity contribution in [2.75, 3.05) is 0 Å². The highest BCUT2D eigenvalue weighted by atomic mass is 15.3. The Hall–Kier alpha value is -5.70. The molecule has 0 N–H and O–H groups in total. The Kier molecular flexibility index (Phi) is 9.00. The van der Waals surface area contributed by atoms with Crippen LogP contribution >= 0.6 is 0 Å². The lowest BCUT2D eigenvalue weighted by atomic mass is 9.83. The van der Waals surface area contributed by atoms with Gasteiger partial charge in [0.15, 0.2) is 0 Å². The number of nitrogens with zero attached hydrogens (tertiary/aromatic N) is 9. The van der Waals surface area contributed by atoms with Crippen molar-refractivity contribution in [3.05, 3.63) is 143 Å². The van der Waals surface area contributed by atoms with Gasteiger partial charge < -0.3 is 0 Å². The number of hydrogen-bond donors (Lipinski definition) is 0. The smallest absolute Gasteiger partial charge is 0.111 e. The van der Waals surface area contributed by atoms with E-state index < -0.39 is 0 Å². The van der Waals surface area contributed by atoms with Gasteiger partial charge in [0, 0.05) is 37.2 Å². The quantitative estimate of drug-likeness (QED) is 0.140. The van der Waals surface area contributed by atoms with E-state index >= 15 is 0 Å². The first kappa shape index (κ1) is 30.9. The molecule has 7 rings (SSSR count). The fraction of sp³-hybridized carbons (Fsp3) is 0.231. The lowest BCUT2D eigenvalue weighted by molar-refractivity contribution is 0.638. The molecule has 0 spiro atoms. The van der Waals surface area contributed by atoms with E-state index in [1.54, 1.807) is 0 Å². The zero-order valence-corrected chi connectivity index (χ0v) is 27.7. The van der Waals surface area contributed by atoms with Crippen LogP contribution < -0.4 is 0 Å². The molecule has 0 saturated heterocycles. The predicted molar refractivity (Wildman–Crippen MR) is 188 cm³/mol. The third kappa shape index (κ3) is 6.31. The van der Waals surface area contributed by atoms with Crippen molar-refractivity contribution in [3.8, 4) is 34.2 Å². The minimum Gasteiger partial charge on any atom is -0.268 e. The van der Waals surface area contributed by atoms with Crippen LogP contribution in [0.15, 0.2) is 110 Å².